The zero-order valence-corrected chi connectivity index (χ0v) is 8.82. The number of carbonyl (C=O) groups excluding carboxylic acids is 1. The Labute approximate surface area is 88.4 Å². The number of aromatic nitrogens is 2. The second-order valence-electron chi connectivity index (χ2n) is 3.58. The molecule has 0 spiro atoms. The average molecular weight is 201 g/mol. The van der Waals surface area contributed by atoms with E-state index in [2.05, 4.69) is 9.55 Å². The van der Waals surface area contributed by atoms with Crippen molar-refractivity contribution in [2.75, 3.05) is 0 Å². The highest BCUT2D eigenvalue weighted by molar-refractivity contribution is 5.75. The fraction of sp³-hybridized carbons (Fsp3) is 0.167. The first-order valence-corrected chi connectivity index (χ1v) is 4.82. The van der Waals surface area contributed by atoms with E-state index in [0.29, 0.717) is 5.56 Å². The summed E-state index contributed by atoms with van der Waals surface area (Å²) >= 11 is 0. The smallest absolute Gasteiger partial charge is 0.286 e. The van der Waals surface area contributed by atoms with Gasteiger partial charge in [0.05, 0.1) is 12.6 Å². The number of hydrogen-bond acceptors (Lipinski definition) is 1. The predicted octanol–water partition coefficient (Wildman–Crippen LogP) is 1.63. The van der Waals surface area contributed by atoms with Crippen LogP contribution in [0, 0.1) is 6.92 Å². The lowest BCUT2D eigenvalue weighted by Gasteiger charge is -1.96. The maximum absolute atomic E-state index is 10.5. The minimum atomic E-state index is 0.699. The van der Waals surface area contributed by atoms with Gasteiger partial charge in [0, 0.05) is 12.5 Å². The van der Waals surface area contributed by atoms with Gasteiger partial charge < -0.3 is 0 Å². The molecule has 0 saturated heterocycles. The van der Waals surface area contributed by atoms with E-state index in [1.807, 2.05) is 44.4 Å². The van der Waals surface area contributed by atoms with E-state index in [-0.39, 0.29) is 0 Å². The van der Waals surface area contributed by atoms with Gasteiger partial charge in [-0.05, 0) is 12.1 Å². The molecule has 3 nitrogen and oxygen atoms in total. The molecule has 0 radical (unpaired) electrons. The lowest BCUT2D eigenvalue weighted by molar-refractivity contribution is -0.665. The van der Waals surface area contributed by atoms with Crippen LogP contribution in [0.4, 0.5) is 0 Å². The molecule has 0 aliphatic heterocycles. The van der Waals surface area contributed by atoms with Crippen molar-refractivity contribution in [2.24, 2.45) is 7.05 Å². The Balaban J connectivity index is 2.45. The Morgan fingerprint density at radius 1 is 1.27 bits per heavy atom. The lowest BCUT2D eigenvalue weighted by atomic mass is 10.1. The summed E-state index contributed by atoms with van der Waals surface area (Å²) in [5.41, 5.74) is 2.95. The molecule has 0 unspecified atom stereocenters. The molecule has 3 heteroatoms. The molecular formula is C12H13N2O+. The number of nitrogens with one attached hydrogen (secondary N) is 1. The minimum Gasteiger partial charge on any atom is -0.298 e. The van der Waals surface area contributed by atoms with E-state index in [1.165, 1.54) is 5.69 Å². The summed E-state index contributed by atoms with van der Waals surface area (Å²) in [6.07, 6.45) is 2.81. The van der Waals surface area contributed by atoms with Crippen molar-refractivity contribution in [1.82, 2.24) is 4.98 Å². The minimum absolute atomic E-state index is 0.699. The average Bonchev–Trinajstić information content (AvgIpc) is 2.60. The zero-order valence-electron chi connectivity index (χ0n) is 8.82. The molecule has 15 heavy (non-hydrogen) atoms. The SMILES string of the molecule is Cc1c[nH]c(-c2ccc(C=O)cc2)[n+]1C. The van der Waals surface area contributed by atoms with Crippen molar-refractivity contribution < 1.29 is 9.36 Å². The third-order valence-electron chi connectivity index (χ3n) is 2.60. The van der Waals surface area contributed by atoms with Crippen molar-refractivity contribution in [3.05, 3.63) is 41.7 Å². The van der Waals surface area contributed by atoms with Gasteiger partial charge in [-0.15, -0.1) is 0 Å². The highest BCUT2D eigenvalue weighted by Gasteiger charge is 2.12. The number of aromatic amines is 1. The van der Waals surface area contributed by atoms with Crippen LogP contribution < -0.4 is 4.57 Å². The van der Waals surface area contributed by atoms with E-state index < -0.39 is 0 Å². The molecule has 0 saturated carbocycles. The first-order chi connectivity index (χ1) is 7.22. The Hall–Kier alpha value is -1.90. The quantitative estimate of drug-likeness (QED) is 0.582. The second-order valence-corrected chi connectivity index (χ2v) is 3.58. The zero-order chi connectivity index (χ0) is 10.8. The van der Waals surface area contributed by atoms with Gasteiger partial charge in [0.25, 0.3) is 5.82 Å². The van der Waals surface area contributed by atoms with Crippen LogP contribution >= 0.6 is 0 Å². The highest BCUT2D eigenvalue weighted by Crippen LogP contribution is 2.13. The van der Waals surface area contributed by atoms with Crippen molar-refractivity contribution in [3.8, 4) is 11.4 Å². The van der Waals surface area contributed by atoms with Crippen molar-refractivity contribution >= 4 is 6.29 Å². The number of nitrogens with zero attached hydrogens (tertiary/aromatic N) is 1. The Bertz CT molecular complexity index is 483. The predicted molar refractivity (Wildman–Crippen MR) is 57.5 cm³/mol. The molecule has 2 rings (SSSR count). The summed E-state index contributed by atoms with van der Waals surface area (Å²) in [7, 11) is 2.01. The number of imidazole rings is 1. The van der Waals surface area contributed by atoms with Crippen LogP contribution in [0.3, 0.4) is 0 Å². The molecule has 1 aromatic carbocycles. The number of carbonyl (C=O) groups is 1. The maximum atomic E-state index is 10.5. The monoisotopic (exact) mass is 201 g/mol. The summed E-state index contributed by atoms with van der Waals surface area (Å²) in [6.45, 7) is 2.04. The second kappa shape index (κ2) is 3.69. The Morgan fingerprint density at radius 2 is 1.93 bits per heavy atom. The standard InChI is InChI=1S/C12H12N2O/c1-9-7-13-12(14(9)2)11-5-3-10(8-15)4-6-11/h3-8H,1-2H3/p+1. The number of hydrogen-bond donors (Lipinski definition) is 1. The van der Waals surface area contributed by atoms with Gasteiger partial charge >= 0.3 is 0 Å². The van der Waals surface area contributed by atoms with Crippen molar-refractivity contribution in [3.63, 3.8) is 0 Å². The van der Waals surface area contributed by atoms with Gasteiger partial charge in [-0.1, -0.05) is 12.1 Å². The Kier molecular flexibility index (Phi) is 2.37. The normalized spacial score (nSPS) is 10.3. The van der Waals surface area contributed by atoms with Crippen LogP contribution in [-0.2, 0) is 7.05 Å². The van der Waals surface area contributed by atoms with Gasteiger partial charge in [0.15, 0.2) is 0 Å². The molecule has 0 atom stereocenters. The topological polar surface area (TPSA) is 36.7 Å². The van der Waals surface area contributed by atoms with E-state index >= 15 is 0 Å². The summed E-state index contributed by atoms with van der Waals surface area (Å²) in [6, 6.07) is 7.51. The summed E-state index contributed by atoms with van der Waals surface area (Å²) < 4.78 is 2.08. The molecule has 2 aromatic rings. The molecule has 0 amide bonds. The van der Waals surface area contributed by atoms with Crippen LogP contribution in [0.1, 0.15) is 16.1 Å². The van der Waals surface area contributed by atoms with Crippen LogP contribution in [-0.4, -0.2) is 11.3 Å². The first kappa shape index (κ1) is 9.65. The lowest BCUT2D eigenvalue weighted by Crippen LogP contribution is -2.31. The fourth-order valence-corrected chi connectivity index (χ4v) is 1.54. The number of rotatable bonds is 2. The van der Waals surface area contributed by atoms with Gasteiger partial charge in [0.2, 0.25) is 0 Å². The van der Waals surface area contributed by atoms with Gasteiger partial charge in [-0.25, -0.2) is 9.55 Å². The molecule has 0 fully saturated rings. The maximum Gasteiger partial charge on any atom is 0.286 e. The number of aldehydes is 1. The van der Waals surface area contributed by atoms with Crippen molar-refractivity contribution in [2.45, 2.75) is 6.92 Å². The summed E-state index contributed by atoms with van der Waals surface area (Å²) in [5.74, 6) is 1.05. The van der Waals surface area contributed by atoms with E-state index in [4.69, 9.17) is 0 Å². The van der Waals surface area contributed by atoms with E-state index in [1.54, 1.807) is 0 Å². The van der Waals surface area contributed by atoms with Crippen molar-refractivity contribution in [1.29, 1.82) is 0 Å². The molecule has 76 valence electrons. The van der Waals surface area contributed by atoms with Crippen LogP contribution in [0.2, 0.25) is 0 Å². The molecule has 0 aliphatic carbocycles. The molecule has 1 N–H and O–H groups in total. The van der Waals surface area contributed by atoms with Gasteiger partial charge in [-0.2, -0.15) is 0 Å². The van der Waals surface area contributed by atoms with Crippen LogP contribution in [0.15, 0.2) is 30.5 Å². The van der Waals surface area contributed by atoms with Crippen LogP contribution in [0.25, 0.3) is 11.4 Å². The highest BCUT2D eigenvalue weighted by atomic mass is 16.1. The van der Waals surface area contributed by atoms with Gasteiger partial charge in [0.1, 0.15) is 18.2 Å². The molecule has 0 bridgehead atoms. The summed E-state index contributed by atoms with van der Waals surface area (Å²) in [4.78, 5) is 13.7. The molecular weight excluding hydrogens is 188 g/mol. The molecule has 1 aromatic heterocycles. The number of H-pyrrole nitrogens is 1. The Morgan fingerprint density at radius 3 is 2.40 bits per heavy atom. The molecule has 1 heterocycles. The number of benzene rings is 1. The third-order valence-corrected chi connectivity index (χ3v) is 2.60. The third kappa shape index (κ3) is 1.68. The first-order valence-electron chi connectivity index (χ1n) is 4.82. The van der Waals surface area contributed by atoms with Gasteiger partial charge in [-0.3, -0.25) is 4.79 Å². The molecule has 0 aliphatic rings. The van der Waals surface area contributed by atoms with Crippen LogP contribution in [0.5, 0.6) is 0 Å². The largest absolute Gasteiger partial charge is 0.298 e. The van der Waals surface area contributed by atoms with E-state index in [9.17, 15) is 4.79 Å². The number of aryl methyl sites for hydroxylation is 1. The fourth-order valence-electron chi connectivity index (χ4n) is 1.54. The van der Waals surface area contributed by atoms with E-state index in [0.717, 1.165) is 17.7 Å². The summed E-state index contributed by atoms with van der Waals surface area (Å²) in [5, 5.41) is 0.